The SMILES string of the molecule is CN(C)S(=O)(=O)c1ccc(N2CCCCCC2CO)nc1. The molecule has 6 nitrogen and oxygen atoms in total. The van der Waals surface area contributed by atoms with Gasteiger partial charge in [-0.05, 0) is 25.0 Å². The Kier molecular flexibility index (Phi) is 5.18. The lowest BCUT2D eigenvalue weighted by Gasteiger charge is -2.29. The molecule has 0 amide bonds. The lowest BCUT2D eigenvalue weighted by molar-refractivity contribution is 0.254. The van der Waals surface area contributed by atoms with Crippen molar-refractivity contribution >= 4 is 15.8 Å². The minimum absolute atomic E-state index is 0.0660. The molecular formula is C14H23N3O3S. The summed E-state index contributed by atoms with van der Waals surface area (Å²) in [4.78, 5) is 6.57. The molecule has 1 aliphatic heterocycles. The van der Waals surface area contributed by atoms with Crippen molar-refractivity contribution in [3.63, 3.8) is 0 Å². The van der Waals surface area contributed by atoms with Crippen LogP contribution in [0.4, 0.5) is 5.82 Å². The van der Waals surface area contributed by atoms with Crippen molar-refractivity contribution in [3.8, 4) is 0 Å². The predicted octanol–water partition coefficient (Wildman–Crippen LogP) is 1.07. The third kappa shape index (κ3) is 3.53. The highest BCUT2D eigenvalue weighted by molar-refractivity contribution is 7.89. The van der Waals surface area contributed by atoms with E-state index in [-0.39, 0.29) is 17.5 Å². The maximum atomic E-state index is 12.0. The molecule has 7 heteroatoms. The summed E-state index contributed by atoms with van der Waals surface area (Å²) in [6, 6.07) is 3.37. The smallest absolute Gasteiger partial charge is 0.244 e. The van der Waals surface area contributed by atoms with Crippen LogP contribution in [0, 0.1) is 0 Å². The summed E-state index contributed by atoms with van der Waals surface area (Å²) < 4.78 is 25.2. The average Bonchev–Trinajstić information content (AvgIpc) is 2.72. The van der Waals surface area contributed by atoms with E-state index < -0.39 is 10.0 Å². The Balaban J connectivity index is 2.25. The predicted molar refractivity (Wildman–Crippen MR) is 81.8 cm³/mol. The minimum atomic E-state index is -3.45. The Hall–Kier alpha value is -1.18. The molecule has 0 bridgehead atoms. The molecule has 0 saturated carbocycles. The van der Waals surface area contributed by atoms with E-state index in [1.165, 1.54) is 24.6 Å². The number of hydrogen-bond acceptors (Lipinski definition) is 5. The zero-order valence-corrected chi connectivity index (χ0v) is 13.4. The van der Waals surface area contributed by atoms with Gasteiger partial charge in [-0.1, -0.05) is 12.8 Å². The molecule has 2 rings (SSSR count). The number of nitrogens with zero attached hydrogens (tertiary/aromatic N) is 3. The van der Waals surface area contributed by atoms with Gasteiger partial charge in [0.05, 0.1) is 12.6 Å². The van der Waals surface area contributed by atoms with Crippen LogP contribution in [0.3, 0.4) is 0 Å². The molecule has 0 aliphatic carbocycles. The van der Waals surface area contributed by atoms with Crippen LogP contribution < -0.4 is 4.90 Å². The van der Waals surface area contributed by atoms with Gasteiger partial charge < -0.3 is 10.0 Å². The number of anilines is 1. The Bertz CT molecular complexity index is 557. The second-order valence-electron chi connectivity index (χ2n) is 5.52. The molecule has 1 saturated heterocycles. The summed E-state index contributed by atoms with van der Waals surface area (Å²) in [6.45, 7) is 0.942. The zero-order valence-electron chi connectivity index (χ0n) is 12.6. The fourth-order valence-electron chi connectivity index (χ4n) is 2.57. The van der Waals surface area contributed by atoms with Crippen molar-refractivity contribution in [1.82, 2.24) is 9.29 Å². The van der Waals surface area contributed by atoms with Gasteiger partial charge in [0.25, 0.3) is 0 Å². The number of aliphatic hydroxyl groups excluding tert-OH is 1. The molecule has 1 aromatic rings. The number of aromatic nitrogens is 1. The van der Waals surface area contributed by atoms with Gasteiger partial charge in [0.15, 0.2) is 0 Å². The number of rotatable bonds is 4. The van der Waals surface area contributed by atoms with Crippen LogP contribution in [0.25, 0.3) is 0 Å². The molecule has 1 fully saturated rings. The first-order valence-electron chi connectivity index (χ1n) is 7.23. The van der Waals surface area contributed by atoms with E-state index in [0.29, 0.717) is 0 Å². The Morgan fingerprint density at radius 3 is 2.67 bits per heavy atom. The van der Waals surface area contributed by atoms with E-state index in [1.54, 1.807) is 12.1 Å². The van der Waals surface area contributed by atoms with Gasteiger partial charge in [0.1, 0.15) is 10.7 Å². The van der Waals surface area contributed by atoms with Gasteiger partial charge in [-0.25, -0.2) is 17.7 Å². The molecule has 118 valence electrons. The van der Waals surface area contributed by atoms with Crippen molar-refractivity contribution < 1.29 is 13.5 Å². The summed E-state index contributed by atoms with van der Waals surface area (Å²) in [6.07, 6.45) is 5.66. The number of sulfonamides is 1. The van der Waals surface area contributed by atoms with Crippen molar-refractivity contribution in [1.29, 1.82) is 0 Å². The summed E-state index contributed by atoms with van der Waals surface area (Å²) in [5, 5.41) is 9.53. The molecule has 0 radical (unpaired) electrons. The molecule has 0 aromatic carbocycles. The molecule has 21 heavy (non-hydrogen) atoms. The van der Waals surface area contributed by atoms with E-state index >= 15 is 0 Å². The highest BCUT2D eigenvalue weighted by Crippen LogP contribution is 2.23. The van der Waals surface area contributed by atoms with Crippen LogP contribution in [0.15, 0.2) is 23.2 Å². The quantitative estimate of drug-likeness (QED) is 0.900. The minimum Gasteiger partial charge on any atom is -0.394 e. The number of hydrogen-bond donors (Lipinski definition) is 1. The maximum absolute atomic E-state index is 12.0. The van der Waals surface area contributed by atoms with E-state index in [1.807, 2.05) is 0 Å². The molecule has 1 N–H and O–H groups in total. The Morgan fingerprint density at radius 2 is 2.10 bits per heavy atom. The Morgan fingerprint density at radius 1 is 1.33 bits per heavy atom. The van der Waals surface area contributed by atoms with Crippen LogP contribution >= 0.6 is 0 Å². The molecule has 1 unspecified atom stereocenters. The molecule has 1 aromatic heterocycles. The van der Waals surface area contributed by atoms with Crippen LogP contribution in [0.1, 0.15) is 25.7 Å². The van der Waals surface area contributed by atoms with Gasteiger partial charge in [-0.3, -0.25) is 0 Å². The molecule has 1 aliphatic rings. The normalized spacial score (nSPS) is 20.6. The monoisotopic (exact) mass is 313 g/mol. The first-order valence-corrected chi connectivity index (χ1v) is 8.67. The second-order valence-corrected chi connectivity index (χ2v) is 7.67. The third-order valence-corrected chi connectivity index (χ3v) is 5.68. The molecule has 1 atom stereocenters. The average molecular weight is 313 g/mol. The summed E-state index contributed by atoms with van der Waals surface area (Å²) in [5.74, 6) is 0.730. The van der Waals surface area contributed by atoms with Crippen molar-refractivity contribution in [3.05, 3.63) is 18.3 Å². The highest BCUT2D eigenvalue weighted by Gasteiger charge is 2.23. The molecular weight excluding hydrogens is 290 g/mol. The molecule has 2 heterocycles. The topological polar surface area (TPSA) is 73.7 Å². The van der Waals surface area contributed by atoms with Crippen LogP contribution in [-0.2, 0) is 10.0 Å². The molecule has 0 spiro atoms. The van der Waals surface area contributed by atoms with E-state index in [9.17, 15) is 13.5 Å². The number of aliphatic hydroxyl groups is 1. The summed E-state index contributed by atoms with van der Waals surface area (Å²) in [7, 11) is -0.448. The zero-order chi connectivity index (χ0) is 15.5. The fraction of sp³-hybridized carbons (Fsp3) is 0.643. The summed E-state index contributed by atoms with van der Waals surface area (Å²) in [5.41, 5.74) is 0. The van der Waals surface area contributed by atoms with E-state index in [0.717, 1.165) is 38.0 Å². The number of pyridine rings is 1. The van der Waals surface area contributed by atoms with Gasteiger partial charge >= 0.3 is 0 Å². The lowest BCUT2D eigenvalue weighted by atomic mass is 10.1. The van der Waals surface area contributed by atoms with E-state index in [4.69, 9.17) is 0 Å². The maximum Gasteiger partial charge on any atom is 0.244 e. The first kappa shape index (κ1) is 16.2. The van der Waals surface area contributed by atoms with Crippen molar-refractivity contribution in [2.75, 3.05) is 32.1 Å². The fourth-order valence-corrected chi connectivity index (χ4v) is 3.42. The summed E-state index contributed by atoms with van der Waals surface area (Å²) >= 11 is 0. The van der Waals surface area contributed by atoms with Crippen molar-refractivity contribution in [2.24, 2.45) is 0 Å². The van der Waals surface area contributed by atoms with Gasteiger partial charge in [0.2, 0.25) is 10.0 Å². The third-order valence-electron chi connectivity index (χ3n) is 3.88. The Labute approximate surface area is 126 Å². The standard InChI is InChI=1S/C14H23N3O3S/c1-16(2)21(19,20)13-7-8-14(15-10-13)17-9-5-3-4-6-12(17)11-18/h7-8,10,12,18H,3-6,9,11H2,1-2H3. The van der Waals surface area contributed by atoms with Crippen LogP contribution in [0.2, 0.25) is 0 Å². The van der Waals surface area contributed by atoms with Crippen LogP contribution in [-0.4, -0.2) is 56.1 Å². The van der Waals surface area contributed by atoms with Gasteiger partial charge in [0, 0.05) is 26.8 Å². The van der Waals surface area contributed by atoms with Gasteiger partial charge in [-0.2, -0.15) is 0 Å². The van der Waals surface area contributed by atoms with E-state index in [2.05, 4.69) is 9.88 Å². The first-order chi connectivity index (χ1) is 9.96. The largest absolute Gasteiger partial charge is 0.394 e. The lowest BCUT2D eigenvalue weighted by Crippen LogP contribution is -2.38. The van der Waals surface area contributed by atoms with Crippen LogP contribution in [0.5, 0.6) is 0 Å². The highest BCUT2D eigenvalue weighted by atomic mass is 32.2. The second kappa shape index (κ2) is 6.72. The van der Waals surface area contributed by atoms with Crippen molar-refractivity contribution in [2.45, 2.75) is 36.6 Å². The van der Waals surface area contributed by atoms with Gasteiger partial charge in [-0.15, -0.1) is 0 Å².